The maximum atomic E-state index is 13.5. The van der Waals surface area contributed by atoms with E-state index in [9.17, 15) is 22.8 Å². The SMILES string of the molecule is O=C(c1nccs1)N1CCN(C2CC(=O)N(c3cccc(-c4cnccc4C(F)(F)F)c3)C2)CC1. The molecule has 2 fully saturated rings. The normalized spacial score (nSPS) is 19.4. The van der Waals surface area contributed by atoms with Crippen molar-refractivity contribution in [2.75, 3.05) is 37.6 Å². The van der Waals surface area contributed by atoms with Crippen molar-refractivity contribution in [1.29, 1.82) is 0 Å². The van der Waals surface area contributed by atoms with Crippen molar-refractivity contribution in [3.05, 3.63) is 64.9 Å². The summed E-state index contributed by atoms with van der Waals surface area (Å²) < 4.78 is 40.5. The number of rotatable bonds is 4. The van der Waals surface area contributed by atoms with Crippen LogP contribution in [0.4, 0.5) is 18.9 Å². The van der Waals surface area contributed by atoms with Crippen LogP contribution >= 0.6 is 11.3 Å². The summed E-state index contributed by atoms with van der Waals surface area (Å²) in [4.78, 5) is 39.0. The van der Waals surface area contributed by atoms with Crippen molar-refractivity contribution in [2.45, 2.75) is 18.6 Å². The minimum Gasteiger partial charge on any atom is -0.334 e. The van der Waals surface area contributed by atoms with E-state index < -0.39 is 11.7 Å². The molecule has 2 aliphatic rings. The molecule has 4 heterocycles. The van der Waals surface area contributed by atoms with Gasteiger partial charge in [0.15, 0.2) is 5.01 Å². The minimum absolute atomic E-state index is 0.0209. The molecule has 2 saturated heterocycles. The Morgan fingerprint density at radius 1 is 1.09 bits per heavy atom. The van der Waals surface area contributed by atoms with E-state index in [1.165, 1.54) is 17.5 Å². The number of piperazine rings is 1. The van der Waals surface area contributed by atoms with Gasteiger partial charge in [-0.3, -0.25) is 19.5 Å². The number of carbonyl (C=O) groups is 2. The van der Waals surface area contributed by atoms with E-state index in [0.717, 1.165) is 12.3 Å². The third-order valence-corrected chi connectivity index (χ3v) is 7.19. The number of aromatic nitrogens is 2. The highest BCUT2D eigenvalue weighted by Gasteiger charge is 2.37. The number of thiazole rings is 1. The minimum atomic E-state index is -4.51. The summed E-state index contributed by atoms with van der Waals surface area (Å²) in [6.45, 7) is 2.85. The second-order valence-electron chi connectivity index (χ2n) is 8.50. The largest absolute Gasteiger partial charge is 0.417 e. The first-order chi connectivity index (χ1) is 16.8. The zero-order valence-corrected chi connectivity index (χ0v) is 19.4. The Morgan fingerprint density at radius 2 is 1.89 bits per heavy atom. The first-order valence-electron chi connectivity index (χ1n) is 11.2. The smallest absolute Gasteiger partial charge is 0.334 e. The molecule has 182 valence electrons. The lowest BCUT2D eigenvalue weighted by molar-refractivity contribution is -0.137. The van der Waals surface area contributed by atoms with Crippen LogP contribution in [0.3, 0.4) is 0 Å². The first-order valence-corrected chi connectivity index (χ1v) is 12.0. The zero-order valence-electron chi connectivity index (χ0n) is 18.6. The number of carbonyl (C=O) groups excluding carboxylic acids is 2. The standard InChI is InChI=1S/C24H22F3N5O2S/c25-24(26,27)20-4-5-28-14-19(20)16-2-1-3-17(12-16)32-15-18(13-21(32)33)30-7-9-31(10-8-30)23(34)22-29-6-11-35-22/h1-6,11-12,14,18H,7-10,13,15H2. The average Bonchev–Trinajstić information content (AvgIpc) is 3.54. The van der Waals surface area contributed by atoms with Gasteiger partial charge in [-0.15, -0.1) is 11.3 Å². The number of pyridine rings is 1. The van der Waals surface area contributed by atoms with Crippen LogP contribution in [0.2, 0.25) is 0 Å². The molecule has 0 spiro atoms. The highest BCUT2D eigenvalue weighted by atomic mass is 32.1. The van der Waals surface area contributed by atoms with Gasteiger partial charge in [0.25, 0.3) is 5.91 Å². The fraction of sp³-hybridized carbons (Fsp3) is 0.333. The molecule has 0 aliphatic carbocycles. The maximum absolute atomic E-state index is 13.5. The quantitative estimate of drug-likeness (QED) is 0.544. The molecule has 3 aromatic rings. The zero-order chi connectivity index (χ0) is 24.6. The van der Waals surface area contributed by atoms with Gasteiger partial charge < -0.3 is 9.80 Å². The molecule has 1 unspecified atom stereocenters. The topological polar surface area (TPSA) is 69.6 Å². The van der Waals surface area contributed by atoms with Crippen molar-refractivity contribution in [1.82, 2.24) is 19.8 Å². The highest BCUT2D eigenvalue weighted by Crippen LogP contribution is 2.38. The lowest BCUT2D eigenvalue weighted by Crippen LogP contribution is -2.52. The van der Waals surface area contributed by atoms with Gasteiger partial charge >= 0.3 is 6.18 Å². The Balaban J connectivity index is 1.28. The molecule has 2 aromatic heterocycles. The predicted molar refractivity (Wildman–Crippen MR) is 125 cm³/mol. The number of hydrogen-bond acceptors (Lipinski definition) is 6. The van der Waals surface area contributed by atoms with E-state index in [-0.39, 0.29) is 23.4 Å². The van der Waals surface area contributed by atoms with E-state index in [1.807, 2.05) is 0 Å². The maximum Gasteiger partial charge on any atom is 0.417 e. The molecule has 0 saturated carbocycles. The lowest BCUT2D eigenvalue weighted by atomic mass is 10.0. The van der Waals surface area contributed by atoms with Gasteiger partial charge in [-0.25, -0.2) is 4.98 Å². The summed E-state index contributed by atoms with van der Waals surface area (Å²) in [7, 11) is 0. The molecule has 1 aromatic carbocycles. The van der Waals surface area contributed by atoms with E-state index in [1.54, 1.807) is 45.6 Å². The molecule has 1 atom stereocenters. The van der Waals surface area contributed by atoms with Gasteiger partial charge in [0, 0.05) is 80.4 Å². The third kappa shape index (κ3) is 4.78. The number of alkyl halides is 3. The van der Waals surface area contributed by atoms with Crippen LogP contribution in [0.25, 0.3) is 11.1 Å². The summed E-state index contributed by atoms with van der Waals surface area (Å²) in [5.41, 5.74) is 0.129. The molecule has 35 heavy (non-hydrogen) atoms. The van der Waals surface area contributed by atoms with Crippen LogP contribution in [0.1, 0.15) is 21.8 Å². The molecule has 2 amide bonds. The summed E-state index contributed by atoms with van der Waals surface area (Å²) in [5, 5.41) is 2.25. The molecule has 11 heteroatoms. The van der Waals surface area contributed by atoms with Crippen LogP contribution in [0.5, 0.6) is 0 Å². The number of amides is 2. The van der Waals surface area contributed by atoms with E-state index in [0.29, 0.717) is 55.4 Å². The Kier molecular flexibility index (Phi) is 6.28. The van der Waals surface area contributed by atoms with Crippen molar-refractivity contribution >= 4 is 28.8 Å². The van der Waals surface area contributed by atoms with Crippen LogP contribution in [0, 0.1) is 0 Å². The van der Waals surface area contributed by atoms with Gasteiger partial charge in [0.1, 0.15) is 0 Å². The number of nitrogens with zero attached hydrogens (tertiary/aromatic N) is 5. The summed E-state index contributed by atoms with van der Waals surface area (Å²) >= 11 is 1.32. The number of hydrogen-bond donors (Lipinski definition) is 0. The van der Waals surface area contributed by atoms with Gasteiger partial charge in [0.2, 0.25) is 5.91 Å². The van der Waals surface area contributed by atoms with E-state index >= 15 is 0 Å². The molecular weight excluding hydrogens is 479 g/mol. The van der Waals surface area contributed by atoms with Crippen LogP contribution in [0.15, 0.2) is 54.3 Å². The summed E-state index contributed by atoms with van der Waals surface area (Å²) in [6.07, 6.45) is -0.255. The van der Waals surface area contributed by atoms with Crippen LogP contribution in [-0.2, 0) is 11.0 Å². The van der Waals surface area contributed by atoms with Crippen LogP contribution in [-0.4, -0.2) is 70.3 Å². The van der Waals surface area contributed by atoms with Gasteiger partial charge in [-0.05, 0) is 23.8 Å². The first kappa shape index (κ1) is 23.4. The van der Waals surface area contributed by atoms with Gasteiger partial charge in [0.05, 0.1) is 5.56 Å². The van der Waals surface area contributed by atoms with Gasteiger partial charge in [-0.1, -0.05) is 12.1 Å². The lowest BCUT2D eigenvalue weighted by Gasteiger charge is -2.37. The van der Waals surface area contributed by atoms with Crippen molar-refractivity contribution in [3.8, 4) is 11.1 Å². The van der Waals surface area contributed by atoms with E-state index in [2.05, 4.69) is 14.9 Å². The summed E-state index contributed by atoms with van der Waals surface area (Å²) in [6, 6.07) is 7.52. The molecule has 0 bridgehead atoms. The fourth-order valence-electron chi connectivity index (χ4n) is 4.65. The molecule has 0 N–H and O–H groups in total. The van der Waals surface area contributed by atoms with Crippen molar-refractivity contribution in [3.63, 3.8) is 0 Å². The third-order valence-electron chi connectivity index (χ3n) is 6.43. The Bertz CT molecular complexity index is 1230. The second kappa shape index (κ2) is 9.38. The fourth-order valence-corrected chi connectivity index (χ4v) is 5.25. The molecule has 0 radical (unpaired) electrons. The monoisotopic (exact) mass is 501 g/mol. The van der Waals surface area contributed by atoms with Crippen molar-refractivity contribution < 1.29 is 22.8 Å². The molecule has 2 aliphatic heterocycles. The number of halogens is 3. The van der Waals surface area contributed by atoms with Gasteiger partial charge in [-0.2, -0.15) is 13.2 Å². The number of benzene rings is 1. The highest BCUT2D eigenvalue weighted by molar-refractivity contribution is 7.11. The average molecular weight is 502 g/mol. The molecule has 7 nitrogen and oxygen atoms in total. The van der Waals surface area contributed by atoms with E-state index in [4.69, 9.17) is 0 Å². The number of anilines is 1. The Hall–Kier alpha value is -3.31. The summed E-state index contributed by atoms with van der Waals surface area (Å²) in [5.74, 6) is -0.148. The second-order valence-corrected chi connectivity index (χ2v) is 9.39. The molecular formula is C24H22F3N5O2S. The van der Waals surface area contributed by atoms with Crippen molar-refractivity contribution in [2.24, 2.45) is 0 Å². The Labute approximate surface area is 203 Å². The predicted octanol–water partition coefficient (Wildman–Crippen LogP) is 3.79. The Morgan fingerprint density at radius 3 is 2.60 bits per heavy atom. The molecule has 5 rings (SSSR count). The van der Waals surface area contributed by atoms with Crippen LogP contribution < -0.4 is 4.90 Å².